The first kappa shape index (κ1) is 11.6. The van der Waals surface area contributed by atoms with E-state index in [1.165, 1.54) is 0 Å². The zero-order valence-electron chi connectivity index (χ0n) is 9.67. The van der Waals surface area contributed by atoms with Gasteiger partial charge in [-0.3, -0.25) is 14.7 Å². The van der Waals surface area contributed by atoms with Crippen molar-refractivity contribution in [1.29, 1.82) is 0 Å². The molecule has 1 amide bonds. The Hall–Kier alpha value is -1.92. The van der Waals surface area contributed by atoms with E-state index in [2.05, 4.69) is 15.2 Å². The fourth-order valence-corrected chi connectivity index (χ4v) is 1.78. The number of H-pyrrole nitrogens is 1. The van der Waals surface area contributed by atoms with Crippen LogP contribution in [-0.2, 0) is 4.79 Å². The van der Waals surface area contributed by atoms with E-state index >= 15 is 0 Å². The zero-order chi connectivity index (χ0) is 12.6. The number of aryl methyl sites for hydroxylation is 1. The smallest absolute Gasteiger partial charge is 0.306 e. The van der Waals surface area contributed by atoms with Gasteiger partial charge in [0, 0.05) is 19.0 Å². The summed E-state index contributed by atoms with van der Waals surface area (Å²) in [6.45, 7) is 4.29. The van der Waals surface area contributed by atoms with Gasteiger partial charge in [0.1, 0.15) is 5.82 Å². The topological polar surface area (TPSA) is 99.2 Å². The van der Waals surface area contributed by atoms with E-state index in [9.17, 15) is 9.59 Å². The molecule has 1 saturated heterocycles. The number of aromatic amines is 1. The maximum Gasteiger partial charge on any atom is 0.306 e. The third kappa shape index (κ3) is 2.13. The van der Waals surface area contributed by atoms with Crippen LogP contribution in [0.4, 0.5) is 0 Å². The summed E-state index contributed by atoms with van der Waals surface area (Å²) in [5.74, 6) is -0.739. The van der Waals surface area contributed by atoms with Crippen molar-refractivity contribution in [3.63, 3.8) is 0 Å². The summed E-state index contributed by atoms with van der Waals surface area (Å²) >= 11 is 0. The average Bonchev–Trinajstić information content (AvgIpc) is 2.62. The van der Waals surface area contributed by atoms with Crippen LogP contribution in [0, 0.1) is 18.8 Å². The van der Waals surface area contributed by atoms with Crippen molar-refractivity contribution in [3.8, 4) is 0 Å². The van der Waals surface area contributed by atoms with Gasteiger partial charge in [-0.1, -0.05) is 6.92 Å². The van der Waals surface area contributed by atoms with E-state index in [4.69, 9.17) is 5.11 Å². The molecule has 0 saturated carbocycles. The highest BCUT2D eigenvalue weighted by Gasteiger charge is 2.38. The van der Waals surface area contributed by atoms with Crippen molar-refractivity contribution in [3.05, 3.63) is 11.6 Å². The van der Waals surface area contributed by atoms with E-state index in [1.54, 1.807) is 18.7 Å². The molecule has 1 atom stereocenters. The first-order chi connectivity index (χ1) is 7.99. The van der Waals surface area contributed by atoms with E-state index < -0.39 is 11.9 Å². The Bertz CT molecular complexity index is 450. The van der Waals surface area contributed by atoms with Crippen molar-refractivity contribution >= 4 is 11.9 Å². The summed E-state index contributed by atoms with van der Waals surface area (Å²) in [6, 6.07) is 0. The summed E-state index contributed by atoms with van der Waals surface area (Å²) in [7, 11) is 0. The highest BCUT2D eigenvalue weighted by atomic mass is 16.4. The van der Waals surface area contributed by atoms with E-state index in [-0.39, 0.29) is 17.6 Å². The molecule has 92 valence electrons. The van der Waals surface area contributed by atoms with Crippen LogP contribution in [-0.4, -0.2) is 50.2 Å². The first-order valence-corrected chi connectivity index (χ1v) is 5.40. The molecule has 17 heavy (non-hydrogen) atoms. The SMILES string of the molecule is Cc1nc(C(=O)N2CC(C(C)C(=O)O)C2)n[nH]1. The van der Waals surface area contributed by atoms with Gasteiger partial charge in [0.05, 0.1) is 5.92 Å². The number of hydrogen-bond acceptors (Lipinski definition) is 4. The molecular formula is C10H14N4O3. The molecule has 1 aliphatic rings. The highest BCUT2D eigenvalue weighted by molar-refractivity contribution is 5.91. The number of amides is 1. The Morgan fingerprint density at radius 2 is 2.18 bits per heavy atom. The molecule has 7 nitrogen and oxygen atoms in total. The number of carbonyl (C=O) groups is 2. The molecular weight excluding hydrogens is 224 g/mol. The van der Waals surface area contributed by atoms with Crippen LogP contribution in [0.2, 0.25) is 0 Å². The van der Waals surface area contributed by atoms with Crippen LogP contribution in [0.1, 0.15) is 23.4 Å². The zero-order valence-corrected chi connectivity index (χ0v) is 9.67. The highest BCUT2D eigenvalue weighted by Crippen LogP contribution is 2.24. The number of carboxylic acids is 1. The molecule has 1 unspecified atom stereocenters. The van der Waals surface area contributed by atoms with Crippen molar-refractivity contribution in [2.45, 2.75) is 13.8 Å². The summed E-state index contributed by atoms with van der Waals surface area (Å²) in [4.78, 5) is 28.1. The molecule has 0 aromatic carbocycles. The van der Waals surface area contributed by atoms with Gasteiger partial charge in [0.25, 0.3) is 5.91 Å². The lowest BCUT2D eigenvalue weighted by atomic mass is 9.87. The lowest BCUT2D eigenvalue weighted by Crippen LogP contribution is -2.53. The number of likely N-dealkylation sites (tertiary alicyclic amines) is 1. The second-order valence-corrected chi connectivity index (χ2v) is 4.34. The van der Waals surface area contributed by atoms with Gasteiger partial charge < -0.3 is 10.0 Å². The van der Waals surface area contributed by atoms with Crippen LogP contribution in [0.3, 0.4) is 0 Å². The van der Waals surface area contributed by atoms with Gasteiger partial charge in [-0.2, -0.15) is 0 Å². The van der Waals surface area contributed by atoms with Gasteiger partial charge in [0.2, 0.25) is 5.82 Å². The minimum absolute atomic E-state index is 0.0245. The Labute approximate surface area is 97.8 Å². The molecule has 2 heterocycles. The average molecular weight is 238 g/mol. The van der Waals surface area contributed by atoms with Gasteiger partial charge >= 0.3 is 5.97 Å². The minimum atomic E-state index is -0.823. The second kappa shape index (κ2) is 4.15. The molecule has 1 aliphatic heterocycles. The number of nitrogens with one attached hydrogen (secondary N) is 1. The van der Waals surface area contributed by atoms with E-state index in [1.807, 2.05) is 0 Å². The normalized spacial score (nSPS) is 17.6. The summed E-state index contributed by atoms with van der Waals surface area (Å²) in [5, 5.41) is 15.2. The Morgan fingerprint density at radius 1 is 1.53 bits per heavy atom. The fraction of sp³-hybridized carbons (Fsp3) is 0.600. The minimum Gasteiger partial charge on any atom is -0.481 e. The Balaban J connectivity index is 1.92. The molecule has 1 aromatic rings. The van der Waals surface area contributed by atoms with Crippen molar-refractivity contribution < 1.29 is 14.7 Å². The monoisotopic (exact) mass is 238 g/mol. The lowest BCUT2D eigenvalue weighted by molar-refractivity contribution is -0.144. The first-order valence-electron chi connectivity index (χ1n) is 5.40. The quantitative estimate of drug-likeness (QED) is 0.766. The van der Waals surface area contributed by atoms with E-state index in [0.29, 0.717) is 18.9 Å². The number of carboxylic acid groups (broad SMARTS) is 1. The van der Waals surface area contributed by atoms with Gasteiger partial charge in [-0.15, -0.1) is 5.10 Å². The molecule has 0 aliphatic carbocycles. The largest absolute Gasteiger partial charge is 0.481 e. The predicted octanol–water partition coefficient (Wildman–Crippen LogP) is -0.0942. The number of rotatable bonds is 3. The molecule has 2 N–H and O–H groups in total. The summed E-state index contributed by atoms with van der Waals surface area (Å²) in [6.07, 6.45) is 0. The lowest BCUT2D eigenvalue weighted by Gasteiger charge is -2.40. The summed E-state index contributed by atoms with van der Waals surface area (Å²) in [5.41, 5.74) is 0. The Morgan fingerprint density at radius 3 is 2.65 bits per heavy atom. The third-order valence-electron chi connectivity index (χ3n) is 3.08. The Kier molecular flexibility index (Phi) is 2.83. The molecule has 1 fully saturated rings. The molecule has 2 rings (SSSR count). The molecule has 0 spiro atoms. The van der Waals surface area contributed by atoms with Crippen LogP contribution in [0.15, 0.2) is 0 Å². The standard InChI is InChI=1S/C10H14N4O3/c1-5(10(16)17)7-3-14(4-7)9(15)8-11-6(2)12-13-8/h5,7H,3-4H2,1-2H3,(H,16,17)(H,11,12,13). The van der Waals surface area contributed by atoms with Crippen LogP contribution >= 0.6 is 0 Å². The number of aliphatic carboxylic acids is 1. The second-order valence-electron chi connectivity index (χ2n) is 4.34. The third-order valence-corrected chi connectivity index (χ3v) is 3.08. The van der Waals surface area contributed by atoms with E-state index in [0.717, 1.165) is 0 Å². The molecule has 0 bridgehead atoms. The van der Waals surface area contributed by atoms with Crippen LogP contribution in [0.25, 0.3) is 0 Å². The maximum atomic E-state index is 11.8. The van der Waals surface area contributed by atoms with Crippen molar-refractivity contribution in [2.24, 2.45) is 11.8 Å². The van der Waals surface area contributed by atoms with Crippen LogP contribution in [0.5, 0.6) is 0 Å². The summed E-state index contributed by atoms with van der Waals surface area (Å²) < 4.78 is 0. The predicted molar refractivity (Wildman–Crippen MR) is 57.3 cm³/mol. The van der Waals surface area contributed by atoms with Gasteiger partial charge in [-0.25, -0.2) is 4.98 Å². The number of aromatic nitrogens is 3. The number of hydrogen-bond donors (Lipinski definition) is 2. The number of nitrogens with zero attached hydrogens (tertiary/aromatic N) is 3. The number of carbonyl (C=O) groups excluding carboxylic acids is 1. The van der Waals surface area contributed by atoms with Crippen molar-refractivity contribution in [1.82, 2.24) is 20.1 Å². The van der Waals surface area contributed by atoms with Crippen LogP contribution < -0.4 is 0 Å². The molecule has 1 aromatic heterocycles. The molecule has 7 heteroatoms. The van der Waals surface area contributed by atoms with Gasteiger partial charge in [0.15, 0.2) is 0 Å². The van der Waals surface area contributed by atoms with Crippen molar-refractivity contribution in [2.75, 3.05) is 13.1 Å². The fourth-order valence-electron chi connectivity index (χ4n) is 1.78. The molecule has 0 radical (unpaired) electrons. The maximum absolute atomic E-state index is 11.8. The van der Waals surface area contributed by atoms with Gasteiger partial charge in [-0.05, 0) is 6.92 Å².